The monoisotopic (exact) mass is 555 g/mol. The third-order valence-corrected chi connectivity index (χ3v) is 5.49. The number of nitrogens with zero attached hydrogens (tertiary/aromatic N) is 2. The lowest BCUT2D eigenvalue weighted by Crippen LogP contribution is -2.13. The third kappa shape index (κ3) is 7.06. The highest BCUT2D eigenvalue weighted by molar-refractivity contribution is 9.10. The fourth-order valence-corrected chi connectivity index (χ4v) is 4.02. The molecule has 0 saturated carbocycles. The number of halogens is 2. The molecule has 0 fully saturated rings. The fraction of sp³-hybridized carbons (Fsp3) is 0.120. The first-order chi connectivity index (χ1) is 16.8. The summed E-state index contributed by atoms with van der Waals surface area (Å²) < 4.78 is 11.6. The van der Waals surface area contributed by atoms with Crippen LogP contribution in [0.5, 0.6) is 11.5 Å². The number of non-ortho nitro benzene ring substituents is 1. The standard InChI is InChI=1S/C25H19BrClN3O5/c1-2-34-21-8-6-19(7-9-21)29-25(31)18(14-28)10-17-12-22(26)24(23(27)13-17)35-15-16-4-3-5-20(11-16)30(32)33/h3-13H,2,15H2,1H3,(H,29,31)/b18-10-. The molecule has 8 nitrogen and oxygen atoms in total. The Kier molecular flexibility index (Phi) is 8.84. The number of nitriles is 1. The van der Waals surface area contributed by atoms with E-state index in [0.717, 1.165) is 0 Å². The molecule has 3 rings (SSSR count). The number of rotatable bonds is 9. The maximum absolute atomic E-state index is 12.6. The van der Waals surface area contributed by atoms with Crippen molar-refractivity contribution in [3.8, 4) is 17.6 Å². The molecule has 0 radical (unpaired) electrons. The van der Waals surface area contributed by atoms with Gasteiger partial charge in [-0.25, -0.2) is 0 Å². The Bertz CT molecular complexity index is 1300. The van der Waals surface area contributed by atoms with Crippen molar-refractivity contribution in [3.05, 3.63) is 97.0 Å². The zero-order chi connectivity index (χ0) is 25.4. The van der Waals surface area contributed by atoms with Crippen LogP contribution < -0.4 is 14.8 Å². The molecule has 1 N–H and O–H groups in total. The van der Waals surface area contributed by atoms with Crippen LogP contribution in [0.15, 0.2) is 70.7 Å². The number of hydrogen-bond donors (Lipinski definition) is 1. The number of nitrogens with one attached hydrogen (secondary N) is 1. The fourth-order valence-electron chi connectivity index (χ4n) is 3.03. The van der Waals surface area contributed by atoms with Gasteiger partial charge in [-0.2, -0.15) is 5.26 Å². The van der Waals surface area contributed by atoms with Gasteiger partial charge in [0.1, 0.15) is 24.0 Å². The summed E-state index contributed by atoms with van der Waals surface area (Å²) in [5.74, 6) is 0.427. The zero-order valence-electron chi connectivity index (χ0n) is 18.5. The molecule has 0 unspecified atom stereocenters. The lowest BCUT2D eigenvalue weighted by atomic mass is 10.1. The summed E-state index contributed by atoms with van der Waals surface area (Å²) in [6, 6.07) is 18.0. The maximum atomic E-state index is 12.6. The Balaban J connectivity index is 1.73. The largest absolute Gasteiger partial charge is 0.494 e. The lowest BCUT2D eigenvalue weighted by Gasteiger charge is -2.11. The van der Waals surface area contributed by atoms with Crippen molar-refractivity contribution in [2.45, 2.75) is 13.5 Å². The number of carbonyl (C=O) groups excluding carboxylic acids is 1. The average Bonchev–Trinajstić information content (AvgIpc) is 2.83. The summed E-state index contributed by atoms with van der Waals surface area (Å²) in [5.41, 5.74) is 1.46. The van der Waals surface area contributed by atoms with Gasteiger partial charge in [-0.1, -0.05) is 23.7 Å². The minimum absolute atomic E-state index is 0.0377. The highest BCUT2D eigenvalue weighted by Crippen LogP contribution is 2.36. The minimum atomic E-state index is -0.574. The Labute approximate surface area is 215 Å². The first-order valence-corrected chi connectivity index (χ1v) is 11.5. The number of ether oxygens (including phenoxy) is 2. The van der Waals surface area contributed by atoms with E-state index in [1.54, 1.807) is 48.5 Å². The van der Waals surface area contributed by atoms with Crippen LogP contribution in [-0.4, -0.2) is 17.4 Å². The van der Waals surface area contributed by atoms with E-state index >= 15 is 0 Å². The third-order valence-electron chi connectivity index (χ3n) is 4.62. The van der Waals surface area contributed by atoms with Crippen molar-refractivity contribution in [1.29, 1.82) is 5.26 Å². The van der Waals surface area contributed by atoms with E-state index in [4.69, 9.17) is 21.1 Å². The van der Waals surface area contributed by atoms with Crippen LogP contribution in [0.2, 0.25) is 5.02 Å². The molecule has 0 spiro atoms. The Hall–Kier alpha value is -3.87. The Morgan fingerprint density at radius 3 is 2.57 bits per heavy atom. The zero-order valence-corrected chi connectivity index (χ0v) is 20.8. The topological polar surface area (TPSA) is 114 Å². The molecule has 0 bridgehead atoms. The van der Waals surface area contributed by atoms with Gasteiger partial charge in [-0.15, -0.1) is 0 Å². The number of carbonyl (C=O) groups is 1. The van der Waals surface area contributed by atoms with Crippen molar-refractivity contribution in [2.75, 3.05) is 11.9 Å². The van der Waals surface area contributed by atoms with Crippen LogP contribution in [-0.2, 0) is 11.4 Å². The van der Waals surface area contributed by atoms with Gasteiger partial charge in [-0.3, -0.25) is 14.9 Å². The summed E-state index contributed by atoms with van der Waals surface area (Å²) in [7, 11) is 0. The number of anilines is 1. The van der Waals surface area contributed by atoms with Gasteiger partial charge in [0.2, 0.25) is 0 Å². The van der Waals surface area contributed by atoms with E-state index in [-0.39, 0.29) is 22.9 Å². The SMILES string of the molecule is CCOc1ccc(NC(=O)/C(C#N)=C\c2cc(Cl)c(OCc3cccc([N+](=O)[O-])c3)c(Br)c2)cc1. The van der Waals surface area contributed by atoms with Gasteiger partial charge in [0.05, 0.1) is 21.0 Å². The van der Waals surface area contributed by atoms with Crippen LogP contribution >= 0.6 is 27.5 Å². The molecule has 10 heteroatoms. The molecule has 3 aromatic rings. The summed E-state index contributed by atoms with van der Waals surface area (Å²) in [4.78, 5) is 23.0. The molecule has 178 valence electrons. The lowest BCUT2D eigenvalue weighted by molar-refractivity contribution is -0.384. The number of benzene rings is 3. The second-order valence-electron chi connectivity index (χ2n) is 7.11. The summed E-state index contributed by atoms with van der Waals surface area (Å²) in [6.45, 7) is 2.47. The molecule has 0 saturated heterocycles. The second-order valence-corrected chi connectivity index (χ2v) is 8.37. The average molecular weight is 557 g/mol. The number of amides is 1. The molecule has 3 aromatic carbocycles. The number of nitro benzene ring substituents is 1. The quantitative estimate of drug-likeness (QED) is 0.139. The van der Waals surface area contributed by atoms with Gasteiger partial charge in [0.15, 0.2) is 5.75 Å². The smallest absolute Gasteiger partial charge is 0.269 e. The molecule has 0 heterocycles. The highest BCUT2D eigenvalue weighted by Gasteiger charge is 2.14. The molecule has 0 atom stereocenters. The normalized spacial score (nSPS) is 10.9. The molecule has 0 aliphatic carbocycles. The molecule has 1 amide bonds. The Morgan fingerprint density at radius 2 is 1.94 bits per heavy atom. The van der Waals surface area contributed by atoms with Gasteiger partial charge in [-0.05, 0) is 76.5 Å². The van der Waals surface area contributed by atoms with E-state index in [1.165, 1.54) is 18.2 Å². The van der Waals surface area contributed by atoms with Crippen molar-refractivity contribution < 1.29 is 19.2 Å². The van der Waals surface area contributed by atoms with Crippen LogP contribution in [0.25, 0.3) is 6.08 Å². The predicted octanol–water partition coefficient (Wildman–Crippen LogP) is 6.53. The van der Waals surface area contributed by atoms with Gasteiger partial charge in [0.25, 0.3) is 11.6 Å². The van der Waals surface area contributed by atoms with E-state index in [1.807, 2.05) is 13.0 Å². The van der Waals surface area contributed by atoms with Gasteiger partial charge in [0, 0.05) is 17.8 Å². The summed E-state index contributed by atoms with van der Waals surface area (Å²) >= 11 is 9.76. The first kappa shape index (κ1) is 25.7. The van der Waals surface area contributed by atoms with Gasteiger partial charge < -0.3 is 14.8 Å². The molecule has 0 aromatic heterocycles. The predicted molar refractivity (Wildman–Crippen MR) is 136 cm³/mol. The number of hydrogen-bond acceptors (Lipinski definition) is 6. The van der Waals surface area contributed by atoms with Crippen molar-refractivity contribution >= 4 is 50.9 Å². The van der Waals surface area contributed by atoms with E-state index in [0.29, 0.717) is 39.4 Å². The second kappa shape index (κ2) is 12.0. The van der Waals surface area contributed by atoms with E-state index in [9.17, 15) is 20.2 Å². The van der Waals surface area contributed by atoms with Crippen LogP contribution in [0, 0.1) is 21.4 Å². The Morgan fingerprint density at radius 1 is 1.20 bits per heavy atom. The van der Waals surface area contributed by atoms with Crippen molar-refractivity contribution in [3.63, 3.8) is 0 Å². The highest BCUT2D eigenvalue weighted by atomic mass is 79.9. The van der Waals surface area contributed by atoms with Crippen LogP contribution in [0.1, 0.15) is 18.1 Å². The maximum Gasteiger partial charge on any atom is 0.269 e. The summed E-state index contributed by atoms with van der Waals surface area (Å²) in [6.07, 6.45) is 1.41. The first-order valence-electron chi connectivity index (χ1n) is 10.3. The van der Waals surface area contributed by atoms with Gasteiger partial charge >= 0.3 is 0 Å². The molecular formula is C25H19BrClN3O5. The van der Waals surface area contributed by atoms with Crippen LogP contribution in [0.4, 0.5) is 11.4 Å². The molecule has 0 aliphatic heterocycles. The van der Waals surface area contributed by atoms with Crippen molar-refractivity contribution in [1.82, 2.24) is 0 Å². The molecular weight excluding hydrogens is 538 g/mol. The minimum Gasteiger partial charge on any atom is -0.494 e. The number of nitro groups is 1. The van der Waals surface area contributed by atoms with Crippen molar-refractivity contribution in [2.24, 2.45) is 0 Å². The van der Waals surface area contributed by atoms with E-state index < -0.39 is 10.8 Å². The van der Waals surface area contributed by atoms with Crippen LogP contribution in [0.3, 0.4) is 0 Å². The molecule has 35 heavy (non-hydrogen) atoms. The van der Waals surface area contributed by atoms with E-state index in [2.05, 4.69) is 21.2 Å². The summed E-state index contributed by atoms with van der Waals surface area (Å²) in [5, 5.41) is 23.4. The molecule has 0 aliphatic rings.